The molecule has 1 rings (SSSR count). The summed E-state index contributed by atoms with van der Waals surface area (Å²) < 4.78 is 2.22. The van der Waals surface area contributed by atoms with E-state index >= 15 is 0 Å². The van der Waals surface area contributed by atoms with E-state index < -0.39 is 0 Å². The molecule has 0 aliphatic rings. The predicted molar refractivity (Wildman–Crippen MR) is 68.4 cm³/mol. The number of hydrogen-bond acceptors (Lipinski definition) is 2. The Morgan fingerprint density at radius 1 is 1.44 bits per heavy atom. The third-order valence-electron chi connectivity index (χ3n) is 2.93. The van der Waals surface area contributed by atoms with Crippen LogP contribution < -0.4 is 5.32 Å². The van der Waals surface area contributed by atoms with Crippen LogP contribution in [0.2, 0.25) is 0 Å². The molecule has 92 valence electrons. The van der Waals surface area contributed by atoms with Crippen molar-refractivity contribution in [1.29, 1.82) is 0 Å². The van der Waals surface area contributed by atoms with Gasteiger partial charge in [-0.1, -0.05) is 13.3 Å². The lowest BCUT2D eigenvalue weighted by atomic mass is 9.99. The third kappa shape index (κ3) is 3.63. The van der Waals surface area contributed by atoms with Crippen molar-refractivity contribution in [2.75, 3.05) is 0 Å². The summed E-state index contributed by atoms with van der Waals surface area (Å²) in [6.45, 7) is 12.0. The van der Waals surface area contributed by atoms with Crippen LogP contribution in [-0.4, -0.2) is 15.1 Å². The summed E-state index contributed by atoms with van der Waals surface area (Å²) in [6, 6.07) is 0.480. The minimum Gasteiger partial charge on any atom is -0.331 e. The van der Waals surface area contributed by atoms with Gasteiger partial charge in [-0.25, -0.2) is 4.98 Å². The number of rotatable bonds is 6. The third-order valence-corrected chi connectivity index (χ3v) is 2.93. The van der Waals surface area contributed by atoms with Crippen LogP contribution in [0.1, 0.15) is 59.2 Å². The minimum atomic E-state index is 0.209. The second-order valence-corrected chi connectivity index (χ2v) is 5.37. The highest BCUT2D eigenvalue weighted by Crippen LogP contribution is 2.13. The molecule has 0 radical (unpaired) electrons. The summed E-state index contributed by atoms with van der Waals surface area (Å²) in [5, 5.41) is 3.60. The molecule has 0 aromatic carbocycles. The van der Waals surface area contributed by atoms with Gasteiger partial charge in [0.05, 0.1) is 12.0 Å². The molecule has 3 heteroatoms. The minimum absolute atomic E-state index is 0.209. The SMILES string of the molecule is CCCC(C)(C)NCc1cncn1C(C)C. The zero-order valence-electron chi connectivity index (χ0n) is 11.2. The smallest absolute Gasteiger partial charge is 0.0951 e. The molecular formula is C13H25N3. The van der Waals surface area contributed by atoms with E-state index in [-0.39, 0.29) is 5.54 Å². The van der Waals surface area contributed by atoms with Crippen molar-refractivity contribution in [3.63, 3.8) is 0 Å². The Balaban J connectivity index is 2.57. The highest BCUT2D eigenvalue weighted by atomic mass is 15.1. The van der Waals surface area contributed by atoms with Gasteiger partial charge in [0.1, 0.15) is 0 Å². The first-order chi connectivity index (χ1) is 7.46. The standard InChI is InChI=1S/C13H25N3/c1-6-7-13(4,5)15-9-12-8-14-10-16(12)11(2)3/h8,10-11,15H,6-7,9H2,1-5H3. The average Bonchev–Trinajstić information content (AvgIpc) is 2.62. The summed E-state index contributed by atoms with van der Waals surface area (Å²) in [7, 11) is 0. The van der Waals surface area contributed by atoms with E-state index in [2.05, 4.69) is 49.5 Å². The van der Waals surface area contributed by atoms with Crippen LogP contribution in [0.15, 0.2) is 12.5 Å². The lowest BCUT2D eigenvalue weighted by Gasteiger charge is -2.26. The van der Waals surface area contributed by atoms with Crippen LogP contribution in [0, 0.1) is 0 Å². The monoisotopic (exact) mass is 223 g/mol. The van der Waals surface area contributed by atoms with E-state index in [9.17, 15) is 0 Å². The van der Waals surface area contributed by atoms with Crippen molar-refractivity contribution >= 4 is 0 Å². The van der Waals surface area contributed by atoms with Gasteiger partial charge in [0.25, 0.3) is 0 Å². The van der Waals surface area contributed by atoms with Crippen molar-refractivity contribution in [3.8, 4) is 0 Å². The fourth-order valence-electron chi connectivity index (χ4n) is 1.98. The fraction of sp³-hybridized carbons (Fsp3) is 0.769. The second kappa shape index (κ2) is 5.48. The van der Waals surface area contributed by atoms with Crippen LogP contribution >= 0.6 is 0 Å². The molecule has 0 bridgehead atoms. The fourth-order valence-corrected chi connectivity index (χ4v) is 1.98. The van der Waals surface area contributed by atoms with Gasteiger partial charge in [-0.3, -0.25) is 0 Å². The molecule has 16 heavy (non-hydrogen) atoms. The second-order valence-electron chi connectivity index (χ2n) is 5.37. The zero-order valence-corrected chi connectivity index (χ0v) is 11.2. The van der Waals surface area contributed by atoms with E-state index in [1.807, 2.05) is 12.5 Å². The Labute approximate surface area is 99.3 Å². The van der Waals surface area contributed by atoms with E-state index in [0.29, 0.717) is 6.04 Å². The summed E-state index contributed by atoms with van der Waals surface area (Å²) in [6.07, 6.45) is 6.27. The van der Waals surface area contributed by atoms with Crippen molar-refractivity contribution in [3.05, 3.63) is 18.2 Å². The van der Waals surface area contributed by atoms with Gasteiger partial charge in [-0.05, 0) is 34.1 Å². The summed E-state index contributed by atoms with van der Waals surface area (Å²) in [4.78, 5) is 4.21. The maximum atomic E-state index is 4.21. The maximum Gasteiger partial charge on any atom is 0.0951 e. The van der Waals surface area contributed by atoms with Crippen LogP contribution in [0.5, 0.6) is 0 Å². The van der Waals surface area contributed by atoms with Crippen LogP contribution in [0.25, 0.3) is 0 Å². The number of aromatic nitrogens is 2. The van der Waals surface area contributed by atoms with Gasteiger partial charge in [0.2, 0.25) is 0 Å². The largest absolute Gasteiger partial charge is 0.331 e. The predicted octanol–water partition coefficient (Wildman–Crippen LogP) is 3.13. The maximum absolute atomic E-state index is 4.21. The number of nitrogens with zero attached hydrogens (tertiary/aromatic N) is 2. The highest BCUT2D eigenvalue weighted by Gasteiger charge is 2.16. The Morgan fingerprint density at radius 2 is 2.12 bits per heavy atom. The molecule has 0 unspecified atom stereocenters. The molecule has 0 spiro atoms. The molecule has 0 amide bonds. The number of hydrogen-bond donors (Lipinski definition) is 1. The van der Waals surface area contributed by atoms with Gasteiger partial charge >= 0.3 is 0 Å². The van der Waals surface area contributed by atoms with E-state index in [4.69, 9.17) is 0 Å². The number of imidazole rings is 1. The lowest BCUT2D eigenvalue weighted by Crippen LogP contribution is -2.38. The molecule has 1 aromatic heterocycles. The zero-order chi connectivity index (χ0) is 12.2. The molecule has 3 nitrogen and oxygen atoms in total. The molecule has 1 heterocycles. The average molecular weight is 223 g/mol. The first-order valence-corrected chi connectivity index (χ1v) is 6.22. The van der Waals surface area contributed by atoms with E-state index in [0.717, 1.165) is 6.54 Å². The molecule has 1 N–H and O–H groups in total. The van der Waals surface area contributed by atoms with Gasteiger partial charge in [0.15, 0.2) is 0 Å². The summed E-state index contributed by atoms with van der Waals surface area (Å²) in [5.41, 5.74) is 1.47. The Kier molecular flexibility index (Phi) is 4.54. The molecule has 0 saturated carbocycles. The quantitative estimate of drug-likeness (QED) is 0.803. The Hall–Kier alpha value is -0.830. The summed E-state index contributed by atoms with van der Waals surface area (Å²) >= 11 is 0. The normalized spacial score (nSPS) is 12.4. The van der Waals surface area contributed by atoms with E-state index in [1.165, 1.54) is 18.5 Å². The molecule has 1 aromatic rings. The Morgan fingerprint density at radius 3 is 2.69 bits per heavy atom. The molecule has 0 atom stereocenters. The highest BCUT2D eigenvalue weighted by molar-refractivity contribution is 5.00. The van der Waals surface area contributed by atoms with Crippen molar-refractivity contribution in [2.45, 2.75) is 65.6 Å². The topological polar surface area (TPSA) is 29.9 Å². The molecule has 0 aliphatic carbocycles. The van der Waals surface area contributed by atoms with Gasteiger partial charge in [-0.15, -0.1) is 0 Å². The van der Waals surface area contributed by atoms with E-state index in [1.54, 1.807) is 0 Å². The first kappa shape index (κ1) is 13.2. The Bertz CT molecular complexity index is 313. The lowest BCUT2D eigenvalue weighted by molar-refractivity contribution is 0.350. The summed E-state index contributed by atoms with van der Waals surface area (Å²) in [5.74, 6) is 0. The van der Waals surface area contributed by atoms with Gasteiger partial charge in [0, 0.05) is 24.3 Å². The van der Waals surface area contributed by atoms with Crippen molar-refractivity contribution in [1.82, 2.24) is 14.9 Å². The molecule has 0 fully saturated rings. The van der Waals surface area contributed by atoms with Crippen LogP contribution in [0.4, 0.5) is 0 Å². The van der Waals surface area contributed by atoms with Crippen LogP contribution in [0.3, 0.4) is 0 Å². The number of nitrogens with one attached hydrogen (secondary N) is 1. The molecular weight excluding hydrogens is 198 g/mol. The van der Waals surface area contributed by atoms with Crippen molar-refractivity contribution in [2.24, 2.45) is 0 Å². The van der Waals surface area contributed by atoms with Gasteiger partial charge < -0.3 is 9.88 Å². The van der Waals surface area contributed by atoms with Crippen molar-refractivity contribution < 1.29 is 0 Å². The van der Waals surface area contributed by atoms with Crippen LogP contribution in [-0.2, 0) is 6.54 Å². The molecule has 0 aliphatic heterocycles. The first-order valence-electron chi connectivity index (χ1n) is 6.22. The molecule has 0 saturated heterocycles. The van der Waals surface area contributed by atoms with Gasteiger partial charge in [-0.2, -0.15) is 0 Å².